The van der Waals surface area contributed by atoms with Crippen molar-refractivity contribution in [2.75, 3.05) is 23.9 Å². The Balaban J connectivity index is 1.21. The minimum Gasteiger partial charge on any atom is -0.508 e. The predicted octanol–water partition coefficient (Wildman–Crippen LogP) is 7.74. The number of halogens is 4. The number of Topliss-reactive ketones (excluding diaryl/α,β-unsaturated/α-hetero) is 1. The minimum atomic E-state index is -5.03. The number of fused-ring (bicyclic) bond motifs is 3. The van der Waals surface area contributed by atoms with Crippen molar-refractivity contribution < 1.29 is 42.2 Å². The van der Waals surface area contributed by atoms with Crippen molar-refractivity contribution in [2.45, 2.75) is 25.1 Å². The molecule has 1 saturated heterocycles. The lowest BCUT2D eigenvalue weighted by atomic mass is 9.59. The van der Waals surface area contributed by atoms with Crippen LogP contribution in [0.25, 0.3) is 0 Å². The van der Waals surface area contributed by atoms with Crippen LogP contribution in [0.15, 0.2) is 110 Å². The van der Waals surface area contributed by atoms with Gasteiger partial charge in [-0.1, -0.05) is 11.6 Å². The lowest BCUT2D eigenvalue weighted by Gasteiger charge is -2.42. The van der Waals surface area contributed by atoms with E-state index in [0.717, 1.165) is 34.9 Å². The van der Waals surface area contributed by atoms with Crippen LogP contribution in [0.3, 0.4) is 0 Å². The highest BCUT2D eigenvalue weighted by Gasteiger charge is 2.57. The first-order chi connectivity index (χ1) is 24.2. The molecular formula is C37H28BrF3N4O6. The third-order valence-electron chi connectivity index (χ3n) is 9.63. The first kappa shape index (κ1) is 34.1. The second kappa shape index (κ2) is 12.7. The predicted molar refractivity (Wildman–Crippen MR) is 183 cm³/mol. The molecule has 3 aromatic carbocycles. The first-order valence-electron chi connectivity index (χ1n) is 15.9. The number of benzene rings is 3. The van der Waals surface area contributed by atoms with Crippen LogP contribution < -0.4 is 14.5 Å². The lowest BCUT2D eigenvalue weighted by molar-refractivity contribution is -0.274. The molecule has 1 heterocycles. The number of aromatic hydroxyl groups is 1. The van der Waals surface area contributed by atoms with Gasteiger partial charge in [-0.3, -0.25) is 24.1 Å². The van der Waals surface area contributed by atoms with Crippen molar-refractivity contribution in [3.05, 3.63) is 106 Å². The van der Waals surface area contributed by atoms with E-state index in [1.165, 1.54) is 0 Å². The van der Waals surface area contributed by atoms with Gasteiger partial charge in [0.05, 0.1) is 33.4 Å². The molecule has 0 radical (unpaired) electrons. The van der Waals surface area contributed by atoms with Crippen molar-refractivity contribution in [1.29, 1.82) is 0 Å². The number of carbonyl (C=O) groups excluding carboxylic acids is 4. The maximum Gasteiger partial charge on any atom is 0.573 e. The molecule has 7 rings (SSSR count). The number of phenols is 1. The maximum absolute atomic E-state index is 14.2. The fraction of sp³-hybridized carbons (Fsp3) is 0.243. The van der Waals surface area contributed by atoms with Crippen LogP contribution in [0.4, 0.5) is 35.9 Å². The van der Waals surface area contributed by atoms with Crippen LogP contribution in [-0.2, 0) is 19.2 Å². The molecule has 1 fully saturated rings. The van der Waals surface area contributed by atoms with Crippen LogP contribution in [0.1, 0.15) is 24.3 Å². The van der Waals surface area contributed by atoms with Crippen LogP contribution in [0.2, 0.25) is 0 Å². The van der Waals surface area contributed by atoms with E-state index in [0.29, 0.717) is 22.6 Å². The van der Waals surface area contributed by atoms with Gasteiger partial charge in [-0.05, 0) is 101 Å². The molecule has 0 aromatic heterocycles. The van der Waals surface area contributed by atoms with E-state index in [4.69, 9.17) is 0 Å². The molecule has 51 heavy (non-hydrogen) atoms. The molecule has 1 N–H and O–H groups in total. The summed E-state index contributed by atoms with van der Waals surface area (Å²) in [6, 6.07) is 16.8. The third kappa shape index (κ3) is 6.17. The van der Waals surface area contributed by atoms with Crippen molar-refractivity contribution in [3.63, 3.8) is 0 Å². The average Bonchev–Trinajstić information content (AvgIpc) is 3.35. The molecular weight excluding hydrogens is 733 g/mol. The topological polar surface area (TPSA) is 129 Å². The van der Waals surface area contributed by atoms with E-state index in [2.05, 4.69) is 30.9 Å². The number of phenolic OH excluding ortho intramolecular Hbond substituents is 1. The number of imide groups is 1. The van der Waals surface area contributed by atoms with E-state index in [1.807, 2.05) is 43.3 Å². The summed E-state index contributed by atoms with van der Waals surface area (Å²) in [7, 11) is 3.86. The number of anilines is 2. The summed E-state index contributed by atoms with van der Waals surface area (Å²) in [4.78, 5) is 58.1. The van der Waals surface area contributed by atoms with E-state index < -0.39 is 64.9 Å². The number of alkyl halides is 3. The number of carbonyl (C=O) groups is 4. The highest BCUT2D eigenvalue weighted by molar-refractivity contribution is 9.12. The number of allylic oxidation sites excluding steroid dienone is 6. The Morgan fingerprint density at radius 2 is 1.55 bits per heavy atom. The van der Waals surface area contributed by atoms with Crippen LogP contribution in [0.5, 0.6) is 11.5 Å². The number of azo groups is 1. The highest BCUT2D eigenvalue weighted by Crippen LogP contribution is 2.57. The van der Waals surface area contributed by atoms with Crippen LogP contribution in [0, 0.1) is 17.8 Å². The molecule has 3 aromatic rings. The Kier molecular flexibility index (Phi) is 8.52. The molecule has 0 unspecified atom stereocenters. The molecule has 1 aliphatic heterocycles. The molecule has 260 valence electrons. The van der Waals surface area contributed by atoms with Gasteiger partial charge in [0.2, 0.25) is 11.8 Å². The quantitative estimate of drug-likeness (QED) is 0.118. The molecule has 0 spiro atoms. The summed E-state index contributed by atoms with van der Waals surface area (Å²) in [6.07, 6.45) is -2.21. The third-order valence-corrected chi connectivity index (χ3v) is 10.2. The van der Waals surface area contributed by atoms with Crippen LogP contribution in [-0.4, -0.2) is 48.9 Å². The minimum absolute atomic E-state index is 0.00404. The Bertz CT molecular complexity index is 2120. The number of hydrogen-bond acceptors (Lipinski definition) is 9. The van der Waals surface area contributed by atoms with Crippen LogP contribution >= 0.6 is 15.9 Å². The second-order valence-electron chi connectivity index (χ2n) is 12.8. The molecule has 10 nitrogen and oxygen atoms in total. The van der Waals surface area contributed by atoms with Crippen molar-refractivity contribution in [1.82, 2.24) is 0 Å². The first-order valence-corrected chi connectivity index (χ1v) is 16.7. The normalized spacial score (nSPS) is 23.2. The van der Waals surface area contributed by atoms with Gasteiger partial charge >= 0.3 is 6.36 Å². The fourth-order valence-corrected chi connectivity index (χ4v) is 7.83. The summed E-state index contributed by atoms with van der Waals surface area (Å²) in [5.41, 5.74) is 2.86. The summed E-state index contributed by atoms with van der Waals surface area (Å²) in [5.74, 6) is -6.80. The average molecular weight is 762 g/mol. The number of ether oxygens (including phenoxy) is 1. The van der Waals surface area contributed by atoms with Gasteiger partial charge in [0.15, 0.2) is 11.6 Å². The van der Waals surface area contributed by atoms with E-state index >= 15 is 0 Å². The highest BCUT2D eigenvalue weighted by atomic mass is 79.9. The standard InChI is InChI=1S/C37H28BrF3N4O6/c1-44(2)20-7-3-18(4-8-20)42-43-19-5-9-21(10-6-19)45-35(49)24-13-12-23-25(32(24)36(45)50)16-27-33(30(47)17-28(38)34(27)48)31(23)26-15-22(11-14-29(26)46)51-37(39,40)41/h3-12,14-15,17,24-25,31-32,46H,13,16H2,1-2H3/t24-,25+,31+,32-/m0/s1. The summed E-state index contributed by atoms with van der Waals surface area (Å²) in [5, 5.41) is 19.5. The van der Waals surface area contributed by atoms with Gasteiger partial charge in [0.1, 0.15) is 11.5 Å². The molecule has 4 atom stereocenters. The van der Waals surface area contributed by atoms with Gasteiger partial charge in [-0.2, -0.15) is 10.2 Å². The van der Waals surface area contributed by atoms with Gasteiger partial charge in [0, 0.05) is 48.5 Å². The molecule has 3 aliphatic carbocycles. The van der Waals surface area contributed by atoms with Crippen molar-refractivity contribution in [3.8, 4) is 11.5 Å². The SMILES string of the molecule is CN(C)c1ccc(N=Nc2ccc(N3C(=O)[C@H]4[C@H](CC=C5[C@H](c6cc(OC(F)(F)F)ccc6O)C6=C(C[C@H]54)C(=O)C(Br)=CC6=O)C3=O)cc2)cc1. The summed E-state index contributed by atoms with van der Waals surface area (Å²) in [6.45, 7) is 0. The molecule has 0 saturated carbocycles. The van der Waals surface area contributed by atoms with Crippen molar-refractivity contribution in [2.24, 2.45) is 28.0 Å². The fourth-order valence-electron chi connectivity index (χ4n) is 7.38. The number of hydrogen-bond donors (Lipinski definition) is 1. The Morgan fingerprint density at radius 1 is 0.902 bits per heavy atom. The lowest BCUT2D eigenvalue weighted by Crippen LogP contribution is -2.39. The number of ketones is 2. The maximum atomic E-state index is 14.2. The smallest absolute Gasteiger partial charge is 0.508 e. The van der Waals surface area contributed by atoms with Gasteiger partial charge in [0.25, 0.3) is 0 Å². The Hall–Kier alpha value is -5.37. The zero-order valence-corrected chi connectivity index (χ0v) is 28.6. The Labute approximate surface area is 297 Å². The molecule has 2 amide bonds. The summed E-state index contributed by atoms with van der Waals surface area (Å²) < 4.78 is 43.6. The Morgan fingerprint density at radius 3 is 2.18 bits per heavy atom. The molecule has 14 heteroatoms. The second-order valence-corrected chi connectivity index (χ2v) is 13.7. The molecule has 0 bridgehead atoms. The zero-order chi connectivity index (χ0) is 36.4. The van der Waals surface area contributed by atoms with Gasteiger partial charge < -0.3 is 14.7 Å². The summed E-state index contributed by atoms with van der Waals surface area (Å²) >= 11 is 3.14. The monoisotopic (exact) mass is 760 g/mol. The van der Waals surface area contributed by atoms with Crippen molar-refractivity contribution >= 4 is 62.1 Å². The van der Waals surface area contributed by atoms with E-state index in [9.17, 15) is 37.5 Å². The zero-order valence-electron chi connectivity index (χ0n) is 27.0. The largest absolute Gasteiger partial charge is 0.573 e. The van der Waals surface area contributed by atoms with Gasteiger partial charge in [-0.25, -0.2) is 0 Å². The number of rotatable bonds is 6. The van der Waals surface area contributed by atoms with E-state index in [1.54, 1.807) is 30.3 Å². The number of nitrogens with zero attached hydrogens (tertiary/aromatic N) is 4. The van der Waals surface area contributed by atoms with E-state index in [-0.39, 0.29) is 34.0 Å². The van der Waals surface area contributed by atoms with Gasteiger partial charge in [-0.15, -0.1) is 13.2 Å². The molecule has 4 aliphatic rings. The number of amides is 2.